The first-order chi connectivity index (χ1) is 9.71. The molecular weight excluding hydrogens is 356 g/mol. The Balaban J connectivity index is 2.47. The van der Waals surface area contributed by atoms with Crippen LogP contribution in [0.1, 0.15) is 42.1 Å². The summed E-state index contributed by atoms with van der Waals surface area (Å²) in [6.45, 7) is 4.51. The molecule has 116 valence electrons. The largest absolute Gasteiger partial charge is 0.336 e. The van der Waals surface area contributed by atoms with Crippen LogP contribution in [0.2, 0.25) is 0 Å². The van der Waals surface area contributed by atoms with Crippen molar-refractivity contribution in [3.05, 3.63) is 27.7 Å². The number of sulfonamides is 1. The van der Waals surface area contributed by atoms with Crippen molar-refractivity contribution in [2.75, 3.05) is 6.54 Å². The molecule has 1 heterocycles. The average molecular weight is 375 g/mol. The van der Waals surface area contributed by atoms with Crippen LogP contribution in [-0.4, -0.2) is 31.8 Å². The predicted molar refractivity (Wildman–Crippen MR) is 84.6 cm³/mol. The zero-order valence-corrected chi connectivity index (χ0v) is 14.5. The van der Waals surface area contributed by atoms with Crippen LogP contribution in [0.15, 0.2) is 21.5 Å². The molecule has 1 aliphatic rings. The van der Waals surface area contributed by atoms with E-state index in [2.05, 4.69) is 15.9 Å². The Labute approximate surface area is 133 Å². The summed E-state index contributed by atoms with van der Waals surface area (Å²) < 4.78 is 23.7. The molecule has 0 aromatic heterocycles. The number of likely N-dealkylation sites (tertiary alicyclic amines) is 1. The first kappa shape index (κ1) is 16.5. The van der Waals surface area contributed by atoms with Crippen LogP contribution in [0.3, 0.4) is 0 Å². The van der Waals surface area contributed by atoms with Crippen LogP contribution in [0.4, 0.5) is 0 Å². The highest BCUT2D eigenvalue weighted by Gasteiger charge is 2.27. The normalized spacial score (nSPS) is 19.6. The second-order valence-electron chi connectivity index (χ2n) is 5.47. The fourth-order valence-corrected chi connectivity index (χ4v) is 3.77. The number of benzene rings is 1. The van der Waals surface area contributed by atoms with Crippen LogP contribution in [0.5, 0.6) is 0 Å². The average Bonchev–Trinajstić information content (AvgIpc) is 2.40. The molecule has 0 bridgehead atoms. The quantitative estimate of drug-likeness (QED) is 0.862. The highest BCUT2D eigenvalue weighted by molar-refractivity contribution is 9.10. The molecule has 0 saturated carbocycles. The fraction of sp³-hybridized carbons (Fsp3) is 0.500. The van der Waals surface area contributed by atoms with Crippen LogP contribution < -0.4 is 5.14 Å². The molecule has 1 aromatic rings. The van der Waals surface area contributed by atoms with Crippen molar-refractivity contribution in [2.24, 2.45) is 5.14 Å². The van der Waals surface area contributed by atoms with E-state index in [-0.39, 0.29) is 16.8 Å². The molecule has 5 nitrogen and oxygen atoms in total. The predicted octanol–water partition coefficient (Wildman–Crippen LogP) is 2.42. The van der Waals surface area contributed by atoms with E-state index >= 15 is 0 Å². The number of piperidine rings is 1. The van der Waals surface area contributed by atoms with Gasteiger partial charge in [-0.15, -0.1) is 0 Å². The van der Waals surface area contributed by atoms with E-state index < -0.39 is 10.0 Å². The van der Waals surface area contributed by atoms with Crippen LogP contribution in [0.25, 0.3) is 0 Å². The molecule has 0 radical (unpaired) electrons. The molecule has 2 rings (SSSR count). The Morgan fingerprint density at radius 3 is 2.62 bits per heavy atom. The molecule has 2 N–H and O–H groups in total. The minimum absolute atomic E-state index is 0.0482. The first-order valence-corrected chi connectivity index (χ1v) is 9.19. The molecule has 1 fully saturated rings. The summed E-state index contributed by atoms with van der Waals surface area (Å²) in [6, 6.07) is 2.97. The summed E-state index contributed by atoms with van der Waals surface area (Å²) in [5.41, 5.74) is 1.12. The second-order valence-corrected chi connectivity index (χ2v) is 7.88. The van der Waals surface area contributed by atoms with Crippen molar-refractivity contribution >= 4 is 31.9 Å². The molecule has 1 amide bonds. The van der Waals surface area contributed by atoms with Gasteiger partial charge in [-0.3, -0.25) is 4.79 Å². The maximum absolute atomic E-state index is 12.7. The molecule has 0 aliphatic carbocycles. The summed E-state index contributed by atoms with van der Waals surface area (Å²) in [5.74, 6) is -0.133. The SMILES string of the molecule is Cc1c(Br)cc(S(N)(=O)=O)cc1C(=O)N1CCCCC1C. The standard InChI is InChI=1S/C14H19BrN2O3S/c1-9-5-3-4-6-17(9)14(18)12-7-11(21(16,19)20)8-13(15)10(12)2/h7-9H,3-6H2,1-2H3,(H2,16,19,20). The highest BCUT2D eigenvalue weighted by Crippen LogP contribution is 2.27. The Morgan fingerprint density at radius 2 is 2.05 bits per heavy atom. The van der Waals surface area contributed by atoms with Gasteiger partial charge in [0, 0.05) is 22.6 Å². The maximum atomic E-state index is 12.7. The number of primary sulfonamides is 1. The number of nitrogens with two attached hydrogens (primary N) is 1. The van der Waals surface area contributed by atoms with E-state index in [1.54, 1.807) is 6.92 Å². The van der Waals surface area contributed by atoms with Gasteiger partial charge in [-0.05, 0) is 50.8 Å². The Kier molecular flexibility index (Phi) is 4.75. The lowest BCUT2D eigenvalue weighted by Crippen LogP contribution is -2.42. The van der Waals surface area contributed by atoms with Gasteiger partial charge in [-0.2, -0.15) is 0 Å². The van der Waals surface area contributed by atoms with E-state index in [0.717, 1.165) is 24.8 Å². The zero-order valence-electron chi connectivity index (χ0n) is 12.1. The second kappa shape index (κ2) is 6.06. The monoisotopic (exact) mass is 374 g/mol. The van der Waals surface area contributed by atoms with Crippen molar-refractivity contribution < 1.29 is 13.2 Å². The summed E-state index contributed by atoms with van der Waals surface area (Å²) >= 11 is 3.31. The van der Waals surface area contributed by atoms with Gasteiger partial charge in [0.05, 0.1) is 4.90 Å². The number of rotatable bonds is 2. The minimum Gasteiger partial charge on any atom is -0.336 e. The fourth-order valence-electron chi connectivity index (χ4n) is 2.59. The van der Waals surface area contributed by atoms with Gasteiger partial charge in [-0.25, -0.2) is 13.6 Å². The lowest BCUT2D eigenvalue weighted by Gasteiger charge is -2.34. The van der Waals surface area contributed by atoms with Crippen molar-refractivity contribution in [3.8, 4) is 0 Å². The molecule has 1 saturated heterocycles. The number of hydrogen-bond acceptors (Lipinski definition) is 3. The number of hydrogen-bond donors (Lipinski definition) is 1. The van der Waals surface area contributed by atoms with Gasteiger partial charge in [0.15, 0.2) is 0 Å². The van der Waals surface area contributed by atoms with Gasteiger partial charge in [0.2, 0.25) is 10.0 Å². The van der Waals surface area contributed by atoms with Gasteiger partial charge in [0.1, 0.15) is 0 Å². The minimum atomic E-state index is -3.84. The third kappa shape index (κ3) is 3.46. The van der Waals surface area contributed by atoms with Crippen LogP contribution in [0, 0.1) is 6.92 Å². The van der Waals surface area contributed by atoms with Gasteiger partial charge < -0.3 is 4.90 Å². The molecular formula is C14H19BrN2O3S. The molecule has 1 aromatic carbocycles. The van der Waals surface area contributed by atoms with Crippen molar-refractivity contribution in [3.63, 3.8) is 0 Å². The summed E-state index contributed by atoms with van der Waals surface area (Å²) in [6.07, 6.45) is 3.07. The van der Waals surface area contributed by atoms with E-state index in [0.29, 0.717) is 16.6 Å². The number of amides is 1. The molecule has 21 heavy (non-hydrogen) atoms. The van der Waals surface area contributed by atoms with Crippen molar-refractivity contribution in [1.82, 2.24) is 4.90 Å². The van der Waals surface area contributed by atoms with E-state index in [1.165, 1.54) is 12.1 Å². The van der Waals surface area contributed by atoms with Gasteiger partial charge >= 0.3 is 0 Å². The zero-order chi connectivity index (χ0) is 15.8. The van der Waals surface area contributed by atoms with Gasteiger partial charge in [0.25, 0.3) is 5.91 Å². The molecule has 7 heteroatoms. The van der Waals surface area contributed by atoms with E-state index in [4.69, 9.17) is 5.14 Å². The Morgan fingerprint density at radius 1 is 1.38 bits per heavy atom. The molecule has 0 spiro atoms. The summed E-state index contributed by atoms with van der Waals surface area (Å²) in [4.78, 5) is 14.5. The number of halogens is 1. The lowest BCUT2D eigenvalue weighted by atomic mass is 10.0. The topological polar surface area (TPSA) is 80.5 Å². The molecule has 1 atom stereocenters. The third-order valence-electron chi connectivity index (χ3n) is 3.94. The van der Waals surface area contributed by atoms with E-state index in [1.807, 2.05) is 11.8 Å². The van der Waals surface area contributed by atoms with E-state index in [9.17, 15) is 13.2 Å². The lowest BCUT2D eigenvalue weighted by molar-refractivity contribution is 0.0634. The third-order valence-corrected chi connectivity index (χ3v) is 5.66. The highest BCUT2D eigenvalue weighted by atomic mass is 79.9. The van der Waals surface area contributed by atoms with Crippen molar-refractivity contribution in [2.45, 2.75) is 44.0 Å². The molecule has 1 aliphatic heterocycles. The number of carbonyl (C=O) groups excluding carboxylic acids is 1. The van der Waals surface area contributed by atoms with Crippen LogP contribution in [-0.2, 0) is 10.0 Å². The van der Waals surface area contributed by atoms with Crippen LogP contribution >= 0.6 is 15.9 Å². The molecule has 1 unspecified atom stereocenters. The Hall–Kier alpha value is -0.920. The van der Waals surface area contributed by atoms with Gasteiger partial charge in [-0.1, -0.05) is 15.9 Å². The first-order valence-electron chi connectivity index (χ1n) is 6.85. The Bertz CT molecular complexity index is 673. The number of nitrogens with zero attached hydrogens (tertiary/aromatic N) is 1. The summed E-state index contributed by atoms with van der Waals surface area (Å²) in [7, 11) is -3.84. The van der Waals surface area contributed by atoms with Crippen molar-refractivity contribution in [1.29, 1.82) is 0 Å². The summed E-state index contributed by atoms with van der Waals surface area (Å²) in [5, 5.41) is 5.18. The number of carbonyl (C=O) groups is 1. The maximum Gasteiger partial charge on any atom is 0.254 e. The smallest absolute Gasteiger partial charge is 0.254 e.